The maximum atomic E-state index is 6.07. The second-order valence-corrected chi connectivity index (χ2v) is 7.17. The summed E-state index contributed by atoms with van der Waals surface area (Å²) in [6.45, 7) is 0. The van der Waals surface area contributed by atoms with Gasteiger partial charge < -0.3 is 4.52 Å². The van der Waals surface area contributed by atoms with Gasteiger partial charge in [-0.25, -0.2) is 4.98 Å². The molecule has 0 aliphatic heterocycles. The maximum Gasteiger partial charge on any atom is 0.268 e. The third kappa shape index (κ3) is 3.24. The molecule has 0 saturated heterocycles. The van der Waals surface area contributed by atoms with Crippen molar-refractivity contribution < 1.29 is 4.52 Å². The van der Waals surface area contributed by atoms with Crippen molar-refractivity contribution in [2.75, 3.05) is 0 Å². The SMILES string of the molecule is Clc1cccc(-n2ccnc2SCc2noc(-c3cccs3)n2)c1. The molecule has 0 spiro atoms. The van der Waals surface area contributed by atoms with Gasteiger partial charge >= 0.3 is 0 Å². The molecule has 0 saturated carbocycles. The molecule has 0 N–H and O–H groups in total. The molecule has 0 radical (unpaired) electrons. The first kappa shape index (κ1) is 15.4. The Balaban J connectivity index is 1.50. The van der Waals surface area contributed by atoms with Gasteiger partial charge in [-0.2, -0.15) is 4.98 Å². The molecule has 0 aliphatic carbocycles. The van der Waals surface area contributed by atoms with Gasteiger partial charge in [0.05, 0.1) is 10.6 Å². The molecule has 0 unspecified atom stereocenters. The lowest BCUT2D eigenvalue weighted by molar-refractivity contribution is 0.426. The Bertz CT molecular complexity index is 949. The number of aromatic nitrogens is 4. The minimum absolute atomic E-state index is 0.554. The van der Waals surface area contributed by atoms with Crippen LogP contribution in [0.2, 0.25) is 5.02 Å². The van der Waals surface area contributed by atoms with Crippen LogP contribution in [0.5, 0.6) is 0 Å². The molecule has 3 aromatic heterocycles. The van der Waals surface area contributed by atoms with Crippen molar-refractivity contribution in [1.82, 2.24) is 19.7 Å². The Morgan fingerprint density at radius 2 is 2.21 bits per heavy atom. The van der Waals surface area contributed by atoms with Crippen LogP contribution in [0.1, 0.15) is 5.82 Å². The number of halogens is 1. The Hall–Kier alpha value is -2.09. The molecular formula is C16H11ClN4OS2. The minimum atomic E-state index is 0.554. The number of hydrogen-bond donors (Lipinski definition) is 0. The van der Waals surface area contributed by atoms with E-state index in [0.29, 0.717) is 22.5 Å². The van der Waals surface area contributed by atoms with E-state index >= 15 is 0 Å². The highest BCUT2D eigenvalue weighted by atomic mass is 35.5. The first-order valence-electron chi connectivity index (χ1n) is 7.08. The number of hydrogen-bond acceptors (Lipinski definition) is 6. The van der Waals surface area contributed by atoms with Crippen molar-refractivity contribution in [2.45, 2.75) is 10.9 Å². The van der Waals surface area contributed by atoms with Crippen molar-refractivity contribution in [1.29, 1.82) is 0 Å². The van der Waals surface area contributed by atoms with Crippen LogP contribution in [-0.2, 0) is 5.75 Å². The van der Waals surface area contributed by atoms with Gasteiger partial charge in [0.25, 0.3) is 5.89 Å². The number of nitrogens with zero attached hydrogens (tertiary/aromatic N) is 4. The first-order valence-corrected chi connectivity index (χ1v) is 9.32. The second kappa shape index (κ2) is 6.80. The third-order valence-corrected chi connectivity index (χ3v) is 5.28. The van der Waals surface area contributed by atoms with Crippen molar-refractivity contribution in [3.8, 4) is 16.5 Å². The molecule has 4 rings (SSSR count). The molecule has 0 atom stereocenters. The van der Waals surface area contributed by atoms with Crippen LogP contribution < -0.4 is 0 Å². The summed E-state index contributed by atoms with van der Waals surface area (Å²) in [5, 5.41) is 7.55. The Labute approximate surface area is 151 Å². The van der Waals surface area contributed by atoms with Crippen molar-refractivity contribution >= 4 is 34.7 Å². The number of thiophene rings is 1. The molecule has 1 aromatic carbocycles. The van der Waals surface area contributed by atoms with Crippen molar-refractivity contribution in [3.05, 3.63) is 65.0 Å². The smallest absolute Gasteiger partial charge is 0.268 e. The summed E-state index contributed by atoms with van der Waals surface area (Å²) < 4.78 is 7.28. The maximum absolute atomic E-state index is 6.07. The van der Waals surface area contributed by atoms with E-state index < -0.39 is 0 Å². The van der Waals surface area contributed by atoms with Gasteiger partial charge in [-0.1, -0.05) is 40.7 Å². The van der Waals surface area contributed by atoms with Crippen molar-refractivity contribution in [2.24, 2.45) is 0 Å². The van der Waals surface area contributed by atoms with E-state index in [2.05, 4.69) is 15.1 Å². The standard InChI is InChI=1S/C16H11ClN4OS2/c17-11-3-1-4-12(9-11)21-7-6-18-16(21)24-10-14-19-15(22-20-14)13-5-2-8-23-13/h1-9H,10H2. The van der Waals surface area contributed by atoms with Crippen LogP contribution in [-0.4, -0.2) is 19.7 Å². The van der Waals surface area contributed by atoms with Crippen LogP contribution >= 0.6 is 34.7 Å². The first-order chi connectivity index (χ1) is 11.8. The molecular weight excluding hydrogens is 364 g/mol. The van der Waals surface area contributed by atoms with E-state index in [1.807, 2.05) is 52.5 Å². The Kier molecular flexibility index (Phi) is 4.38. The summed E-state index contributed by atoms with van der Waals surface area (Å²) in [5.74, 6) is 1.77. The fraction of sp³-hybridized carbons (Fsp3) is 0.0625. The van der Waals surface area contributed by atoms with E-state index in [1.54, 1.807) is 29.3 Å². The monoisotopic (exact) mass is 374 g/mol. The predicted octanol–water partition coefficient (Wildman–Crippen LogP) is 4.93. The van der Waals surface area contributed by atoms with Gasteiger partial charge in [0.15, 0.2) is 11.0 Å². The quantitative estimate of drug-likeness (QED) is 0.463. The van der Waals surface area contributed by atoms with E-state index in [9.17, 15) is 0 Å². The van der Waals surface area contributed by atoms with E-state index in [4.69, 9.17) is 16.1 Å². The highest BCUT2D eigenvalue weighted by Gasteiger charge is 2.12. The fourth-order valence-corrected chi connectivity index (χ4v) is 3.81. The van der Waals surface area contributed by atoms with Gasteiger partial charge in [-0.05, 0) is 29.6 Å². The average molecular weight is 375 g/mol. The fourth-order valence-electron chi connectivity index (χ4n) is 2.16. The molecule has 0 bridgehead atoms. The number of imidazole rings is 1. The lowest BCUT2D eigenvalue weighted by Gasteiger charge is -2.06. The molecule has 3 heterocycles. The summed E-state index contributed by atoms with van der Waals surface area (Å²) in [4.78, 5) is 9.79. The minimum Gasteiger partial charge on any atom is -0.333 e. The summed E-state index contributed by atoms with van der Waals surface area (Å²) in [6, 6.07) is 11.6. The zero-order valence-electron chi connectivity index (χ0n) is 12.3. The van der Waals surface area contributed by atoms with Crippen molar-refractivity contribution in [3.63, 3.8) is 0 Å². The van der Waals surface area contributed by atoms with Crippen LogP contribution in [0.4, 0.5) is 0 Å². The third-order valence-electron chi connectivity index (χ3n) is 3.22. The molecule has 0 amide bonds. The zero-order valence-corrected chi connectivity index (χ0v) is 14.7. The molecule has 8 heteroatoms. The van der Waals surface area contributed by atoms with Crippen LogP contribution in [0.25, 0.3) is 16.5 Å². The highest BCUT2D eigenvalue weighted by Crippen LogP contribution is 2.27. The van der Waals surface area contributed by atoms with Gasteiger partial charge in [0.2, 0.25) is 0 Å². The second-order valence-electron chi connectivity index (χ2n) is 4.84. The Morgan fingerprint density at radius 1 is 1.25 bits per heavy atom. The molecule has 120 valence electrons. The molecule has 4 aromatic rings. The van der Waals surface area contributed by atoms with E-state index in [0.717, 1.165) is 15.7 Å². The predicted molar refractivity (Wildman–Crippen MR) is 95.7 cm³/mol. The van der Waals surface area contributed by atoms with Crippen LogP contribution in [0.15, 0.2) is 63.9 Å². The van der Waals surface area contributed by atoms with Gasteiger partial charge in [-0.3, -0.25) is 4.57 Å². The summed E-state index contributed by atoms with van der Waals surface area (Å²) in [6.07, 6.45) is 3.66. The van der Waals surface area contributed by atoms with Gasteiger partial charge in [0.1, 0.15) is 0 Å². The molecule has 24 heavy (non-hydrogen) atoms. The number of rotatable bonds is 5. The molecule has 0 fully saturated rings. The highest BCUT2D eigenvalue weighted by molar-refractivity contribution is 7.98. The summed E-state index contributed by atoms with van der Waals surface area (Å²) in [5.41, 5.74) is 0.967. The summed E-state index contributed by atoms with van der Waals surface area (Å²) in [7, 11) is 0. The molecule has 5 nitrogen and oxygen atoms in total. The average Bonchev–Trinajstić information content (AvgIpc) is 3.33. The normalized spacial score (nSPS) is 11.0. The van der Waals surface area contributed by atoms with Gasteiger partial charge in [-0.15, -0.1) is 11.3 Å². The topological polar surface area (TPSA) is 56.7 Å². The van der Waals surface area contributed by atoms with Crippen LogP contribution in [0.3, 0.4) is 0 Å². The van der Waals surface area contributed by atoms with E-state index in [-0.39, 0.29) is 0 Å². The lowest BCUT2D eigenvalue weighted by Crippen LogP contribution is -1.95. The van der Waals surface area contributed by atoms with Gasteiger partial charge in [0, 0.05) is 23.1 Å². The lowest BCUT2D eigenvalue weighted by atomic mass is 10.3. The zero-order chi connectivity index (χ0) is 16.4. The number of thioether (sulfide) groups is 1. The summed E-state index contributed by atoms with van der Waals surface area (Å²) >= 11 is 9.19. The van der Waals surface area contributed by atoms with E-state index in [1.165, 1.54) is 0 Å². The Morgan fingerprint density at radius 3 is 3.04 bits per heavy atom. The molecule has 0 aliphatic rings. The largest absolute Gasteiger partial charge is 0.333 e. The van der Waals surface area contributed by atoms with Crippen LogP contribution in [0, 0.1) is 0 Å². The number of benzene rings is 1.